The average Bonchev–Trinajstić information content (AvgIpc) is 3.04. The molecule has 20 heavy (non-hydrogen) atoms. The number of nitrogens with two attached hydrogens (primary N) is 1. The van der Waals surface area contributed by atoms with Gasteiger partial charge in [0.05, 0.1) is 5.56 Å². The zero-order valence-corrected chi connectivity index (χ0v) is 13.5. The first kappa shape index (κ1) is 13.8. The summed E-state index contributed by atoms with van der Waals surface area (Å²) in [4.78, 5) is 4.55. The lowest BCUT2D eigenvalue weighted by Crippen LogP contribution is -2.18. The van der Waals surface area contributed by atoms with Crippen LogP contribution in [0.3, 0.4) is 0 Å². The van der Waals surface area contributed by atoms with Crippen LogP contribution in [-0.2, 0) is 0 Å². The lowest BCUT2D eigenvalue weighted by atomic mass is 10.1. The number of aryl methyl sites for hydroxylation is 1. The molecule has 1 saturated carbocycles. The predicted octanol–water partition coefficient (Wildman–Crippen LogP) is 4.15. The second-order valence-electron chi connectivity index (χ2n) is 5.49. The van der Waals surface area contributed by atoms with Gasteiger partial charge in [-0.15, -0.1) is 11.3 Å². The second-order valence-corrected chi connectivity index (χ2v) is 7.13. The maximum atomic E-state index is 6.04. The molecular formula is C14H20N4S2. The minimum atomic E-state index is 0.516. The van der Waals surface area contributed by atoms with Gasteiger partial charge in [0.1, 0.15) is 15.8 Å². The quantitative estimate of drug-likeness (QED) is 0.841. The Morgan fingerprint density at radius 1 is 1.50 bits per heavy atom. The number of nitrogen functional groups attached to an aromatic ring is 1. The number of nitrogens with one attached hydrogen (secondary N) is 1. The van der Waals surface area contributed by atoms with Crippen LogP contribution in [0, 0.1) is 12.8 Å². The zero-order valence-electron chi connectivity index (χ0n) is 11.8. The first-order chi connectivity index (χ1) is 9.67. The van der Waals surface area contributed by atoms with Crippen LogP contribution >= 0.6 is 22.9 Å². The minimum absolute atomic E-state index is 0.516. The molecule has 1 fully saturated rings. The largest absolute Gasteiger partial charge is 0.382 e. The molecule has 3 N–H and O–H groups in total. The molecule has 0 aliphatic heterocycles. The third-order valence-corrected chi connectivity index (χ3v) is 5.46. The van der Waals surface area contributed by atoms with E-state index in [4.69, 9.17) is 5.73 Å². The Labute approximate surface area is 127 Å². The van der Waals surface area contributed by atoms with Crippen LogP contribution in [0.4, 0.5) is 10.8 Å². The van der Waals surface area contributed by atoms with Crippen LogP contribution in [-0.4, -0.2) is 15.4 Å². The normalized spacial score (nSPS) is 16.3. The van der Waals surface area contributed by atoms with Gasteiger partial charge in [-0.1, -0.05) is 19.8 Å². The number of hydrogen-bond donors (Lipinski definition) is 2. The van der Waals surface area contributed by atoms with Crippen molar-refractivity contribution >= 4 is 33.7 Å². The van der Waals surface area contributed by atoms with Crippen LogP contribution in [0.25, 0.3) is 10.6 Å². The highest BCUT2D eigenvalue weighted by Gasteiger charge is 2.26. The Kier molecular flexibility index (Phi) is 3.94. The molecule has 0 bridgehead atoms. The SMILES string of the molecule is CCC(CC1CC1)Nc1snc(N)c1-c1nc(C)cs1. The summed E-state index contributed by atoms with van der Waals surface area (Å²) in [5.41, 5.74) is 8.06. The van der Waals surface area contributed by atoms with E-state index in [9.17, 15) is 0 Å². The minimum Gasteiger partial charge on any atom is -0.382 e. The number of anilines is 2. The number of aromatic nitrogens is 2. The summed E-state index contributed by atoms with van der Waals surface area (Å²) in [7, 11) is 0. The highest BCUT2D eigenvalue weighted by atomic mass is 32.1. The van der Waals surface area contributed by atoms with Gasteiger partial charge >= 0.3 is 0 Å². The molecule has 108 valence electrons. The molecule has 2 heterocycles. The van der Waals surface area contributed by atoms with Gasteiger partial charge in [0.2, 0.25) is 0 Å². The van der Waals surface area contributed by atoms with Crippen molar-refractivity contribution in [1.82, 2.24) is 9.36 Å². The summed E-state index contributed by atoms with van der Waals surface area (Å²) in [6.07, 6.45) is 5.17. The van der Waals surface area contributed by atoms with Crippen LogP contribution in [0.15, 0.2) is 5.38 Å². The molecule has 0 aromatic carbocycles. The fraction of sp³-hybridized carbons (Fsp3) is 0.571. The van der Waals surface area contributed by atoms with Crippen molar-refractivity contribution in [3.63, 3.8) is 0 Å². The summed E-state index contributed by atoms with van der Waals surface area (Å²) in [6.45, 7) is 4.24. The summed E-state index contributed by atoms with van der Waals surface area (Å²) in [6, 6.07) is 0.516. The summed E-state index contributed by atoms with van der Waals surface area (Å²) < 4.78 is 4.31. The Hall–Kier alpha value is -1.14. The standard InChI is InChI=1S/C14H20N4S2/c1-3-10(6-9-4-5-9)17-14-11(12(15)18-20-14)13-16-8(2)7-19-13/h7,9-10,17H,3-6H2,1-2H3,(H2,15,18). The lowest BCUT2D eigenvalue weighted by molar-refractivity contribution is 0.588. The first-order valence-corrected chi connectivity index (χ1v) is 8.76. The second kappa shape index (κ2) is 5.69. The predicted molar refractivity (Wildman–Crippen MR) is 87.4 cm³/mol. The molecule has 0 radical (unpaired) electrons. The summed E-state index contributed by atoms with van der Waals surface area (Å²) >= 11 is 3.08. The van der Waals surface area contributed by atoms with Crippen molar-refractivity contribution in [2.75, 3.05) is 11.1 Å². The summed E-state index contributed by atoms with van der Waals surface area (Å²) in [5, 5.41) is 7.74. The van der Waals surface area contributed by atoms with Gasteiger partial charge in [-0.25, -0.2) is 4.98 Å². The van der Waals surface area contributed by atoms with E-state index in [1.54, 1.807) is 11.3 Å². The van der Waals surface area contributed by atoms with Crippen molar-refractivity contribution in [3.05, 3.63) is 11.1 Å². The third-order valence-electron chi connectivity index (χ3n) is 3.69. The Balaban J connectivity index is 1.82. The third kappa shape index (κ3) is 2.96. The highest BCUT2D eigenvalue weighted by Crippen LogP contribution is 2.40. The molecular weight excluding hydrogens is 288 g/mol. The Bertz CT molecular complexity index is 586. The molecule has 1 atom stereocenters. The van der Waals surface area contributed by atoms with Crippen molar-refractivity contribution in [1.29, 1.82) is 0 Å². The number of thiazole rings is 1. The fourth-order valence-electron chi connectivity index (χ4n) is 2.35. The number of rotatable bonds is 6. The molecule has 1 unspecified atom stereocenters. The molecule has 0 saturated heterocycles. The van der Waals surface area contributed by atoms with Gasteiger partial charge in [-0.05, 0) is 37.2 Å². The first-order valence-electron chi connectivity index (χ1n) is 7.11. The molecule has 1 aliphatic rings. The van der Waals surface area contributed by atoms with E-state index in [1.165, 1.54) is 30.8 Å². The van der Waals surface area contributed by atoms with Gasteiger partial charge in [0.25, 0.3) is 0 Å². The smallest absolute Gasteiger partial charge is 0.149 e. The van der Waals surface area contributed by atoms with E-state index < -0.39 is 0 Å². The van der Waals surface area contributed by atoms with Crippen LogP contribution in [0.1, 0.15) is 38.3 Å². The van der Waals surface area contributed by atoms with Crippen LogP contribution < -0.4 is 11.1 Å². The van der Waals surface area contributed by atoms with Gasteiger partial charge in [0, 0.05) is 17.1 Å². The average molecular weight is 308 g/mol. The highest BCUT2D eigenvalue weighted by molar-refractivity contribution is 7.15. The van der Waals surface area contributed by atoms with Crippen molar-refractivity contribution in [3.8, 4) is 10.6 Å². The molecule has 2 aromatic heterocycles. The van der Waals surface area contributed by atoms with Gasteiger partial charge < -0.3 is 11.1 Å². The van der Waals surface area contributed by atoms with E-state index in [2.05, 4.69) is 27.0 Å². The maximum Gasteiger partial charge on any atom is 0.149 e. The molecule has 1 aliphatic carbocycles. The van der Waals surface area contributed by atoms with Crippen LogP contribution in [0.5, 0.6) is 0 Å². The monoisotopic (exact) mass is 308 g/mol. The molecule has 0 spiro atoms. The van der Waals surface area contributed by atoms with Crippen molar-refractivity contribution in [2.45, 2.75) is 45.6 Å². The van der Waals surface area contributed by atoms with Crippen LogP contribution in [0.2, 0.25) is 0 Å². The van der Waals surface area contributed by atoms with E-state index >= 15 is 0 Å². The van der Waals surface area contributed by atoms with Gasteiger partial charge in [-0.2, -0.15) is 4.37 Å². The van der Waals surface area contributed by atoms with E-state index in [0.29, 0.717) is 11.9 Å². The molecule has 4 nitrogen and oxygen atoms in total. The fourth-order valence-corrected chi connectivity index (χ4v) is 4.06. The molecule has 0 amide bonds. The van der Waals surface area contributed by atoms with E-state index in [1.807, 2.05) is 6.92 Å². The lowest BCUT2D eigenvalue weighted by Gasteiger charge is -2.17. The summed E-state index contributed by atoms with van der Waals surface area (Å²) in [5.74, 6) is 1.51. The zero-order chi connectivity index (χ0) is 14.1. The molecule has 6 heteroatoms. The number of hydrogen-bond acceptors (Lipinski definition) is 6. The van der Waals surface area contributed by atoms with E-state index in [-0.39, 0.29) is 0 Å². The van der Waals surface area contributed by atoms with Gasteiger partial charge in [-0.3, -0.25) is 0 Å². The maximum absolute atomic E-state index is 6.04. The van der Waals surface area contributed by atoms with Crippen molar-refractivity contribution in [2.24, 2.45) is 5.92 Å². The van der Waals surface area contributed by atoms with Crippen molar-refractivity contribution < 1.29 is 0 Å². The van der Waals surface area contributed by atoms with Gasteiger partial charge in [0.15, 0.2) is 0 Å². The molecule has 2 aromatic rings. The Morgan fingerprint density at radius 3 is 2.90 bits per heavy atom. The number of nitrogens with zero attached hydrogens (tertiary/aromatic N) is 2. The molecule has 3 rings (SSSR count). The Morgan fingerprint density at radius 2 is 2.30 bits per heavy atom. The topological polar surface area (TPSA) is 63.8 Å². The van der Waals surface area contributed by atoms with E-state index in [0.717, 1.165) is 33.6 Å².